The Hall–Kier alpha value is -0.640. The van der Waals surface area contributed by atoms with Crippen LogP contribution in [0.1, 0.15) is 58.2 Å². The normalized spacial score (nSPS) is 22.8. The third kappa shape index (κ3) is 5.04. The number of aromatic nitrogens is 2. The van der Waals surface area contributed by atoms with E-state index in [0.717, 1.165) is 47.5 Å². The minimum absolute atomic E-state index is 0.880. The van der Waals surface area contributed by atoms with Gasteiger partial charge in [0.05, 0.1) is 0 Å². The standard InChI is InChI=1S/C16H26BrN3/c1-3-4-15-19-14(17)11-16(20-15)18-10-9-13-7-5-12(2)6-8-13/h11-13H,3-10H2,1-2H3,(H,18,19,20). The number of hydrogen-bond acceptors (Lipinski definition) is 3. The number of halogens is 1. The number of nitrogens with one attached hydrogen (secondary N) is 1. The lowest BCUT2D eigenvalue weighted by atomic mass is 9.81. The lowest BCUT2D eigenvalue weighted by Gasteiger charge is -2.26. The number of hydrogen-bond donors (Lipinski definition) is 1. The highest BCUT2D eigenvalue weighted by Gasteiger charge is 2.17. The zero-order valence-corrected chi connectivity index (χ0v) is 14.2. The summed E-state index contributed by atoms with van der Waals surface area (Å²) in [6.07, 6.45) is 8.89. The summed E-state index contributed by atoms with van der Waals surface area (Å²) in [6.45, 7) is 5.55. The van der Waals surface area contributed by atoms with Crippen molar-refractivity contribution >= 4 is 21.7 Å². The summed E-state index contributed by atoms with van der Waals surface area (Å²) in [4.78, 5) is 8.96. The van der Waals surface area contributed by atoms with Crippen LogP contribution in [-0.2, 0) is 6.42 Å². The smallest absolute Gasteiger partial charge is 0.132 e. The lowest BCUT2D eigenvalue weighted by Crippen LogP contribution is -2.16. The van der Waals surface area contributed by atoms with Crippen molar-refractivity contribution in [2.24, 2.45) is 11.8 Å². The second-order valence-electron chi connectivity index (χ2n) is 6.08. The summed E-state index contributed by atoms with van der Waals surface area (Å²) >= 11 is 3.47. The molecule has 0 aliphatic heterocycles. The maximum absolute atomic E-state index is 4.57. The molecule has 4 heteroatoms. The van der Waals surface area contributed by atoms with Crippen molar-refractivity contribution in [3.8, 4) is 0 Å². The van der Waals surface area contributed by atoms with Gasteiger partial charge in [-0.3, -0.25) is 0 Å². The van der Waals surface area contributed by atoms with Gasteiger partial charge in [-0.05, 0) is 40.6 Å². The molecule has 0 amide bonds. The molecule has 20 heavy (non-hydrogen) atoms. The minimum atomic E-state index is 0.880. The molecule has 0 unspecified atom stereocenters. The molecule has 2 rings (SSSR count). The van der Waals surface area contributed by atoms with Gasteiger partial charge in [0.2, 0.25) is 0 Å². The zero-order valence-electron chi connectivity index (χ0n) is 12.7. The Kier molecular flexibility index (Phi) is 6.27. The third-order valence-electron chi connectivity index (χ3n) is 4.21. The van der Waals surface area contributed by atoms with Crippen LogP contribution in [0.25, 0.3) is 0 Å². The highest BCUT2D eigenvalue weighted by molar-refractivity contribution is 9.10. The molecule has 112 valence electrons. The van der Waals surface area contributed by atoms with E-state index in [1.54, 1.807) is 0 Å². The van der Waals surface area contributed by atoms with E-state index in [-0.39, 0.29) is 0 Å². The average Bonchev–Trinajstić information content (AvgIpc) is 2.41. The molecule has 1 fully saturated rings. The second-order valence-corrected chi connectivity index (χ2v) is 6.90. The second kappa shape index (κ2) is 7.96. The van der Waals surface area contributed by atoms with Crippen molar-refractivity contribution in [1.29, 1.82) is 0 Å². The van der Waals surface area contributed by atoms with E-state index in [2.05, 4.69) is 45.1 Å². The van der Waals surface area contributed by atoms with E-state index in [1.807, 2.05) is 6.07 Å². The van der Waals surface area contributed by atoms with Crippen molar-refractivity contribution in [1.82, 2.24) is 9.97 Å². The fourth-order valence-corrected chi connectivity index (χ4v) is 3.33. The molecular weight excluding hydrogens is 314 g/mol. The molecule has 1 heterocycles. The van der Waals surface area contributed by atoms with Crippen molar-refractivity contribution in [3.63, 3.8) is 0 Å². The molecule has 1 aromatic heterocycles. The van der Waals surface area contributed by atoms with Crippen LogP contribution in [0.15, 0.2) is 10.7 Å². The fraction of sp³-hybridized carbons (Fsp3) is 0.750. The van der Waals surface area contributed by atoms with E-state index >= 15 is 0 Å². The fourth-order valence-electron chi connectivity index (χ4n) is 2.91. The van der Waals surface area contributed by atoms with Gasteiger partial charge in [0.25, 0.3) is 0 Å². The molecule has 1 aliphatic rings. The van der Waals surface area contributed by atoms with E-state index in [0.29, 0.717) is 0 Å². The summed E-state index contributed by atoms with van der Waals surface area (Å²) in [5, 5.41) is 3.46. The number of aryl methyl sites for hydroxylation is 1. The molecule has 1 N–H and O–H groups in total. The predicted octanol–water partition coefficient (Wildman–Crippen LogP) is 4.82. The van der Waals surface area contributed by atoms with E-state index < -0.39 is 0 Å². The maximum Gasteiger partial charge on any atom is 0.132 e. The van der Waals surface area contributed by atoms with E-state index in [1.165, 1.54) is 32.1 Å². The van der Waals surface area contributed by atoms with Crippen LogP contribution < -0.4 is 5.32 Å². The minimum Gasteiger partial charge on any atom is -0.370 e. The largest absolute Gasteiger partial charge is 0.370 e. The van der Waals surface area contributed by atoms with Crippen LogP contribution in [0.5, 0.6) is 0 Å². The Labute approximate surface area is 131 Å². The first kappa shape index (κ1) is 15.7. The van der Waals surface area contributed by atoms with Crippen molar-refractivity contribution in [3.05, 3.63) is 16.5 Å². The highest BCUT2D eigenvalue weighted by atomic mass is 79.9. The van der Waals surface area contributed by atoms with Crippen molar-refractivity contribution < 1.29 is 0 Å². The van der Waals surface area contributed by atoms with Gasteiger partial charge in [-0.2, -0.15) is 0 Å². The molecule has 0 aromatic carbocycles. The van der Waals surface area contributed by atoms with Crippen molar-refractivity contribution in [2.45, 2.75) is 58.8 Å². The zero-order chi connectivity index (χ0) is 14.4. The van der Waals surface area contributed by atoms with Crippen LogP contribution >= 0.6 is 15.9 Å². The molecule has 3 nitrogen and oxygen atoms in total. The lowest BCUT2D eigenvalue weighted by molar-refractivity contribution is 0.282. The Balaban J connectivity index is 1.78. The molecule has 0 spiro atoms. The summed E-state index contributed by atoms with van der Waals surface area (Å²) in [5.41, 5.74) is 0. The highest BCUT2D eigenvalue weighted by Crippen LogP contribution is 2.30. The van der Waals surface area contributed by atoms with E-state index in [9.17, 15) is 0 Å². The Morgan fingerprint density at radius 1 is 1.25 bits per heavy atom. The van der Waals surface area contributed by atoms with Gasteiger partial charge in [0, 0.05) is 19.0 Å². The molecule has 1 saturated carbocycles. The van der Waals surface area contributed by atoms with Crippen LogP contribution in [-0.4, -0.2) is 16.5 Å². The van der Waals surface area contributed by atoms with Gasteiger partial charge in [-0.25, -0.2) is 9.97 Å². The van der Waals surface area contributed by atoms with Crippen LogP contribution in [0.2, 0.25) is 0 Å². The van der Waals surface area contributed by atoms with Gasteiger partial charge in [0.15, 0.2) is 0 Å². The van der Waals surface area contributed by atoms with Crippen LogP contribution in [0.4, 0.5) is 5.82 Å². The van der Waals surface area contributed by atoms with Gasteiger partial charge >= 0.3 is 0 Å². The molecule has 0 radical (unpaired) electrons. The quantitative estimate of drug-likeness (QED) is 0.755. The van der Waals surface area contributed by atoms with Crippen LogP contribution in [0.3, 0.4) is 0 Å². The van der Waals surface area contributed by atoms with Gasteiger partial charge in [0.1, 0.15) is 16.2 Å². The molecule has 1 aliphatic carbocycles. The maximum atomic E-state index is 4.57. The Morgan fingerprint density at radius 3 is 2.70 bits per heavy atom. The van der Waals surface area contributed by atoms with Crippen LogP contribution in [0, 0.1) is 11.8 Å². The first-order valence-corrected chi connectivity index (χ1v) is 8.74. The Morgan fingerprint density at radius 2 is 2.00 bits per heavy atom. The summed E-state index contributed by atoms with van der Waals surface area (Å²) in [6, 6.07) is 1.97. The number of rotatable bonds is 6. The average molecular weight is 340 g/mol. The first-order chi connectivity index (χ1) is 9.67. The number of nitrogens with zero attached hydrogens (tertiary/aromatic N) is 2. The molecule has 0 bridgehead atoms. The van der Waals surface area contributed by atoms with Gasteiger partial charge < -0.3 is 5.32 Å². The van der Waals surface area contributed by atoms with E-state index in [4.69, 9.17) is 0 Å². The number of anilines is 1. The molecule has 1 aromatic rings. The molecule has 0 atom stereocenters. The summed E-state index contributed by atoms with van der Waals surface area (Å²) in [5.74, 6) is 3.73. The summed E-state index contributed by atoms with van der Waals surface area (Å²) < 4.78 is 0.880. The summed E-state index contributed by atoms with van der Waals surface area (Å²) in [7, 11) is 0. The Bertz CT molecular complexity index is 414. The predicted molar refractivity (Wildman–Crippen MR) is 88.0 cm³/mol. The van der Waals surface area contributed by atoms with Gasteiger partial charge in [-0.15, -0.1) is 0 Å². The third-order valence-corrected chi connectivity index (χ3v) is 4.62. The van der Waals surface area contributed by atoms with Gasteiger partial charge in [-0.1, -0.05) is 39.5 Å². The SMILES string of the molecule is CCCc1nc(Br)cc(NCCC2CCC(C)CC2)n1. The van der Waals surface area contributed by atoms with Crippen molar-refractivity contribution in [2.75, 3.05) is 11.9 Å². The molecular formula is C16H26BrN3. The first-order valence-electron chi connectivity index (χ1n) is 7.94. The molecule has 0 saturated heterocycles. The monoisotopic (exact) mass is 339 g/mol. The topological polar surface area (TPSA) is 37.8 Å².